The Balaban J connectivity index is 2.25. The van der Waals surface area contributed by atoms with Gasteiger partial charge in [0.25, 0.3) is 10.0 Å². The highest BCUT2D eigenvalue weighted by atomic mass is 35.5. The highest BCUT2D eigenvalue weighted by Crippen LogP contribution is 2.49. The Morgan fingerprint density at radius 2 is 2.06 bits per heavy atom. The van der Waals surface area contributed by atoms with E-state index in [1.807, 2.05) is 0 Å². The summed E-state index contributed by atoms with van der Waals surface area (Å²) in [5.74, 6) is 0. The van der Waals surface area contributed by atoms with Crippen LogP contribution < -0.4 is 4.72 Å². The number of nitrogens with zero attached hydrogens (tertiary/aromatic N) is 1. The monoisotopic (exact) mass is 306 g/mol. The van der Waals surface area contributed by atoms with Crippen molar-refractivity contribution < 1.29 is 21.6 Å². The lowest BCUT2D eigenvalue weighted by atomic mass is 10.3. The van der Waals surface area contributed by atoms with Crippen LogP contribution in [-0.2, 0) is 10.0 Å². The molecule has 0 amide bonds. The summed E-state index contributed by atoms with van der Waals surface area (Å²) in [7, 11) is -4.22. The summed E-state index contributed by atoms with van der Waals surface area (Å²) in [6.45, 7) is 0. The Kier molecular flexibility index (Phi) is 2.92. The number of aromatic nitrogens is 1. The number of rotatable bonds is 3. The quantitative estimate of drug-likeness (QED) is 0.931. The van der Waals surface area contributed by atoms with Gasteiger partial charge in [-0.2, -0.15) is 17.9 Å². The van der Waals surface area contributed by atoms with Crippen LogP contribution in [0.15, 0.2) is 10.4 Å². The Labute approximate surface area is 104 Å². The number of alkyl halides is 3. The molecule has 0 radical (unpaired) electrons. The van der Waals surface area contributed by atoms with Gasteiger partial charge in [0, 0.05) is 0 Å². The third kappa shape index (κ3) is 2.42. The van der Waals surface area contributed by atoms with Gasteiger partial charge in [0.1, 0.15) is 5.54 Å². The maximum atomic E-state index is 12.6. The standard InChI is InChI=1S/C7H6ClF3N2O2S2/c8-5-12-3-4(16-5)17(14,15)13-6(1-2-6)7(9,10)11/h3,13H,1-2H2. The normalized spacial score (nSPS) is 19.3. The molecule has 2 rings (SSSR count). The van der Waals surface area contributed by atoms with Gasteiger partial charge < -0.3 is 0 Å². The Morgan fingerprint density at radius 3 is 2.41 bits per heavy atom. The molecule has 1 fully saturated rings. The summed E-state index contributed by atoms with van der Waals surface area (Å²) in [6.07, 6.45) is -4.15. The van der Waals surface area contributed by atoms with Crippen molar-refractivity contribution in [3.63, 3.8) is 0 Å². The van der Waals surface area contributed by atoms with E-state index in [-0.39, 0.29) is 21.5 Å². The molecule has 1 heterocycles. The molecule has 1 aromatic rings. The largest absolute Gasteiger partial charge is 0.407 e. The van der Waals surface area contributed by atoms with Crippen LogP contribution in [0.25, 0.3) is 0 Å². The van der Waals surface area contributed by atoms with Gasteiger partial charge in [-0.1, -0.05) is 22.9 Å². The molecule has 1 N–H and O–H groups in total. The molecule has 96 valence electrons. The van der Waals surface area contributed by atoms with Crippen molar-refractivity contribution >= 4 is 33.0 Å². The molecular weight excluding hydrogens is 301 g/mol. The number of thiazole rings is 1. The zero-order valence-corrected chi connectivity index (χ0v) is 10.5. The topological polar surface area (TPSA) is 59.1 Å². The van der Waals surface area contributed by atoms with Gasteiger partial charge in [0.2, 0.25) is 0 Å². The van der Waals surface area contributed by atoms with E-state index in [4.69, 9.17) is 11.6 Å². The highest BCUT2D eigenvalue weighted by molar-refractivity contribution is 7.91. The summed E-state index contributed by atoms with van der Waals surface area (Å²) in [5, 5.41) is 0. The molecule has 1 aliphatic rings. The molecular formula is C7H6ClF3N2O2S2. The molecule has 1 aromatic heterocycles. The fourth-order valence-electron chi connectivity index (χ4n) is 1.24. The first-order valence-corrected chi connectivity index (χ1v) is 7.06. The van der Waals surface area contributed by atoms with Crippen molar-refractivity contribution in [2.75, 3.05) is 0 Å². The minimum Gasteiger partial charge on any atom is -0.232 e. The summed E-state index contributed by atoms with van der Waals surface area (Å²) < 4.78 is 62.4. The number of halogens is 4. The van der Waals surface area contributed by atoms with Crippen LogP contribution in [0.4, 0.5) is 13.2 Å². The summed E-state index contributed by atoms with van der Waals surface area (Å²) in [5.41, 5.74) is -2.32. The van der Waals surface area contributed by atoms with E-state index in [1.165, 1.54) is 0 Å². The van der Waals surface area contributed by atoms with E-state index in [0.717, 1.165) is 6.20 Å². The van der Waals surface area contributed by atoms with Crippen molar-refractivity contribution in [1.29, 1.82) is 0 Å². The average Bonchev–Trinajstić information content (AvgIpc) is 2.79. The minimum atomic E-state index is -4.59. The number of sulfonamides is 1. The van der Waals surface area contributed by atoms with E-state index in [2.05, 4.69) is 4.98 Å². The van der Waals surface area contributed by atoms with E-state index in [0.29, 0.717) is 11.3 Å². The first-order valence-electron chi connectivity index (χ1n) is 4.38. The second kappa shape index (κ2) is 3.81. The van der Waals surface area contributed by atoms with Gasteiger partial charge in [-0.3, -0.25) is 0 Å². The molecule has 17 heavy (non-hydrogen) atoms. The SMILES string of the molecule is O=S(=O)(NC1(C(F)(F)F)CC1)c1cnc(Cl)s1. The maximum absolute atomic E-state index is 12.6. The van der Waals surface area contributed by atoms with Crippen LogP contribution in [0, 0.1) is 0 Å². The van der Waals surface area contributed by atoms with Crippen molar-refractivity contribution in [1.82, 2.24) is 9.71 Å². The van der Waals surface area contributed by atoms with Crippen LogP contribution in [0.3, 0.4) is 0 Å². The first kappa shape index (κ1) is 13.1. The molecule has 0 atom stereocenters. The summed E-state index contributed by atoms with van der Waals surface area (Å²) >= 11 is 6.05. The number of nitrogens with one attached hydrogen (secondary N) is 1. The van der Waals surface area contributed by atoms with E-state index in [1.54, 1.807) is 4.72 Å². The maximum Gasteiger partial charge on any atom is 0.407 e. The zero-order valence-electron chi connectivity index (χ0n) is 8.08. The van der Waals surface area contributed by atoms with Crippen LogP contribution in [0.5, 0.6) is 0 Å². The molecule has 0 saturated heterocycles. The fraction of sp³-hybridized carbons (Fsp3) is 0.571. The predicted octanol–water partition coefficient (Wildman–Crippen LogP) is 2.17. The third-order valence-corrected chi connectivity index (χ3v) is 5.46. The first-order chi connectivity index (χ1) is 7.66. The van der Waals surface area contributed by atoms with Crippen molar-refractivity contribution in [3.05, 3.63) is 10.7 Å². The lowest BCUT2D eigenvalue weighted by Crippen LogP contribution is -2.47. The zero-order chi connectivity index (χ0) is 12.9. The molecule has 1 saturated carbocycles. The van der Waals surface area contributed by atoms with Crippen molar-refractivity contribution in [2.45, 2.75) is 28.8 Å². The van der Waals surface area contributed by atoms with Crippen molar-refractivity contribution in [2.24, 2.45) is 0 Å². The molecule has 0 spiro atoms. The van der Waals surface area contributed by atoms with Gasteiger partial charge in [0.15, 0.2) is 8.68 Å². The molecule has 0 aromatic carbocycles. The third-order valence-electron chi connectivity index (χ3n) is 2.34. The van der Waals surface area contributed by atoms with Gasteiger partial charge in [0.05, 0.1) is 6.20 Å². The second-order valence-corrected chi connectivity index (χ2v) is 7.14. The molecule has 10 heteroatoms. The molecule has 4 nitrogen and oxygen atoms in total. The highest BCUT2D eigenvalue weighted by Gasteiger charge is 2.65. The van der Waals surface area contributed by atoms with Gasteiger partial charge >= 0.3 is 6.18 Å². The smallest absolute Gasteiger partial charge is 0.232 e. The Morgan fingerprint density at radius 1 is 1.47 bits per heavy atom. The van der Waals surface area contributed by atoms with E-state index in [9.17, 15) is 21.6 Å². The number of hydrogen-bond acceptors (Lipinski definition) is 4. The van der Waals surface area contributed by atoms with Crippen molar-refractivity contribution in [3.8, 4) is 0 Å². The fourth-order valence-corrected chi connectivity index (χ4v) is 3.98. The minimum absolute atomic E-state index is 0.0396. The van der Waals surface area contributed by atoms with Crippen LogP contribution in [0.1, 0.15) is 12.8 Å². The van der Waals surface area contributed by atoms with Crippen LogP contribution in [-0.4, -0.2) is 25.1 Å². The molecule has 1 aliphatic carbocycles. The van der Waals surface area contributed by atoms with Gasteiger partial charge in [-0.05, 0) is 12.8 Å². The summed E-state index contributed by atoms with van der Waals surface area (Å²) in [6, 6.07) is 0. The predicted molar refractivity (Wildman–Crippen MR) is 55.5 cm³/mol. The molecule has 0 bridgehead atoms. The summed E-state index contributed by atoms with van der Waals surface area (Å²) in [4.78, 5) is 3.48. The molecule has 0 unspecified atom stereocenters. The second-order valence-electron chi connectivity index (χ2n) is 3.62. The Hall–Kier alpha value is -0.380. The van der Waals surface area contributed by atoms with Crippen LogP contribution >= 0.6 is 22.9 Å². The molecule has 0 aliphatic heterocycles. The average molecular weight is 307 g/mol. The van der Waals surface area contributed by atoms with Gasteiger partial charge in [-0.15, -0.1) is 0 Å². The van der Waals surface area contributed by atoms with Crippen LogP contribution in [0.2, 0.25) is 4.47 Å². The Bertz CT molecular complexity index is 536. The van der Waals surface area contributed by atoms with E-state index >= 15 is 0 Å². The lowest BCUT2D eigenvalue weighted by Gasteiger charge is -2.19. The number of hydrogen-bond donors (Lipinski definition) is 1. The van der Waals surface area contributed by atoms with E-state index < -0.39 is 21.7 Å². The lowest BCUT2D eigenvalue weighted by molar-refractivity contribution is -0.160. The van der Waals surface area contributed by atoms with Gasteiger partial charge in [-0.25, -0.2) is 13.4 Å².